The normalized spacial score (nSPS) is 23.7. The number of benzene rings is 1. The fourth-order valence-electron chi connectivity index (χ4n) is 4.84. The molecule has 130 valence electrons. The zero-order valence-corrected chi connectivity index (χ0v) is 14.9. The van der Waals surface area contributed by atoms with Gasteiger partial charge in [0.15, 0.2) is 0 Å². The molecule has 3 aliphatic rings. The van der Waals surface area contributed by atoms with Crippen LogP contribution in [-0.4, -0.2) is 44.6 Å². The van der Waals surface area contributed by atoms with Gasteiger partial charge < -0.3 is 14.5 Å². The minimum absolute atomic E-state index is 0.116. The topological polar surface area (TPSA) is 32.8 Å². The minimum atomic E-state index is 0.116. The molecule has 1 saturated heterocycles. The zero-order chi connectivity index (χ0) is 16.7. The minimum Gasteiger partial charge on any atom is -0.497 e. The van der Waals surface area contributed by atoms with Gasteiger partial charge in [-0.1, -0.05) is 12.8 Å². The van der Waals surface area contributed by atoms with Crippen LogP contribution >= 0.6 is 0 Å². The summed E-state index contributed by atoms with van der Waals surface area (Å²) in [5.74, 6) is 1.50. The number of carbonyl (C=O) groups is 1. The largest absolute Gasteiger partial charge is 0.497 e. The van der Waals surface area contributed by atoms with Gasteiger partial charge in [-0.05, 0) is 69.6 Å². The van der Waals surface area contributed by atoms with Gasteiger partial charge in [-0.25, -0.2) is 0 Å². The van der Waals surface area contributed by atoms with Gasteiger partial charge >= 0.3 is 0 Å². The average Bonchev–Trinajstić information content (AvgIpc) is 3.24. The van der Waals surface area contributed by atoms with Crippen LogP contribution in [0.4, 0.5) is 5.69 Å². The van der Waals surface area contributed by atoms with Gasteiger partial charge in [0.1, 0.15) is 5.75 Å². The summed E-state index contributed by atoms with van der Waals surface area (Å²) in [6.45, 7) is 3.06. The van der Waals surface area contributed by atoms with Crippen molar-refractivity contribution in [3.63, 3.8) is 0 Å². The van der Waals surface area contributed by atoms with Crippen molar-refractivity contribution < 1.29 is 9.53 Å². The lowest BCUT2D eigenvalue weighted by Gasteiger charge is -2.38. The number of rotatable bonds is 2. The van der Waals surface area contributed by atoms with Crippen molar-refractivity contribution in [2.75, 3.05) is 38.7 Å². The van der Waals surface area contributed by atoms with E-state index in [1.807, 2.05) is 6.07 Å². The lowest BCUT2D eigenvalue weighted by atomic mass is 9.74. The van der Waals surface area contributed by atoms with Crippen molar-refractivity contribution in [1.82, 2.24) is 4.90 Å². The van der Waals surface area contributed by atoms with E-state index >= 15 is 0 Å². The first-order valence-electron chi connectivity index (χ1n) is 9.31. The molecule has 4 nitrogen and oxygen atoms in total. The molecule has 0 unspecified atom stereocenters. The fraction of sp³-hybridized carbons (Fsp3) is 0.650. The Labute approximate surface area is 144 Å². The van der Waals surface area contributed by atoms with Crippen LogP contribution in [0.15, 0.2) is 18.2 Å². The van der Waals surface area contributed by atoms with E-state index in [0.29, 0.717) is 5.91 Å². The molecule has 0 atom stereocenters. The molecule has 24 heavy (non-hydrogen) atoms. The van der Waals surface area contributed by atoms with E-state index in [9.17, 15) is 4.79 Å². The molecule has 0 aromatic heterocycles. The maximum atomic E-state index is 13.1. The molecule has 2 aliphatic heterocycles. The summed E-state index contributed by atoms with van der Waals surface area (Å²) >= 11 is 0. The first-order chi connectivity index (χ1) is 11.6. The summed E-state index contributed by atoms with van der Waals surface area (Å²) in [5, 5.41) is 0. The Kier molecular flexibility index (Phi) is 4.03. The molecule has 1 spiro atoms. The van der Waals surface area contributed by atoms with Crippen molar-refractivity contribution in [3.8, 4) is 5.75 Å². The number of methoxy groups -OCH3 is 1. The van der Waals surface area contributed by atoms with Crippen molar-refractivity contribution in [3.05, 3.63) is 23.8 Å². The number of amides is 1. The number of hydrogen-bond acceptors (Lipinski definition) is 3. The van der Waals surface area contributed by atoms with E-state index in [4.69, 9.17) is 4.74 Å². The van der Waals surface area contributed by atoms with Crippen molar-refractivity contribution in [1.29, 1.82) is 0 Å². The van der Waals surface area contributed by atoms with Crippen LogP contribution in [0.1, 0.15) is 44.1 Å². The van der Waals surface area contributed by atoms with Crippen LogP contribution in [0.2, 0.25) is 0 Å². The molecule has 1 aromatic carbocycles. The molecular formula is C20H28N2O2. The summed E-state index contributed by atoms with van der Waals surface area (Å²) in [5.41, 5.74) is 2.59. The second-order valence-electron chi connectivity index (χ2n) is 7.87. The van der Waals surface area contributed by atoms with E-state index in [-0.39, 0.29) is 11.3 Å². The number of fused-ring (bicyclic) bond motifs is 2. The third-order valence-corrected chi connectivity index (χ3v) is 6.44. The molecule has 4 heteroatoms. The van der Waals surface area contributed by atoms with Gasteiger partial charge in [-0.3, -0.25) is 4.79 Å². The lowest BCUT2D eigenvalue weighted by Crippen LogP contribution is -2.45. The van der Waals surface area contributed by atoms with E-state index in [1.54, 1.807) is 7.11 Å². The molecule has 1 aromatic rings. The molecule has 0 N–H and O–H groups in total. The number of carbonyl (C=O) groups excluding carboxylic acids is 1. The number of likely N-dealkylation sites (tertiary alicyclic amines) is 1. The van der Waals surface area contributed by atoms with Crippen molar-refractivity contribution >= 4 is 11.6 Å². The highest BCUT2D eigenvalue weighted by Crippen LogP contribution is 2.49. The third-order valence-electron chi connectivity index (χ3n) is 6.44. The van der Waals surface area contributed by atoms with Gasteiger partial charge in [0.25, 0.3) is 0 Å². The summed E-state index contributed by atoms with van der Waals surface area (Å²) in [4.78, 5) is 17.6. The summed E-state index contributed by atoms with van der Waals surface area (Å²) in [6.07, 6.45) is 6.79. The van der Waals surface area contributed by atoms with Gasteiger partial charge in [0, 0.05) is 23.6 Å². The van der Waals surface area contributed by atoms with Crippen LogP contribution in [0, 0.1) is 5.92 Å². The van der Waals surface area contributed by atoms with E-state index < -0.39 is 0 Å². The highest BCUT2D eigenvalue weighted by atomic mass is 16.5. The molecular weight excluding hydrogens is 300 g/mol. The maximum absolute atomic E-state index is 13.1. The van der Waals surface area contributed by atoms with Crippen LogP contribution in [0.5, 0.6) is 5.75 Å². The van der Waals surface area contributed by atoms with Crippen LogP contribution in [0.3, 0.4) is 0 Å². The molecule has 1 aliphatic carbocycles. The number of ether oxygens (including phenoxy) is 1. The lowest BCUT2D eigenvalue weighted by molar-refractivity contribution is -0.122. The van der Waals surface area contributed by atoms with Gasteiger partial charge in [0.05, 0.1) is 7.11 Å². The van der Waals surface area contributed by atoms with Crippen LogP contribution in [0.25, 0.3) is 0 Å². The van der Waals surface area contributed by atoms with Crippen LogP contribution in [-0.2, 0) is 10.2 Å². The van der Waals surface area contributed by atoms with Gasteiger partial charge in [-0.15, -0.1) is 0 Å². The molecule has 1 amide bonds. The first-order valence-corrected chi connectivity index (χ1v) is 9.31. The standard InChI is InChI=1S/C20H28N2O2/c1-21-11-9-20(10-12-21)14-22(19(23)15-5-3-4-6-15)18-8-7-16(24-2)13-17(18)20/h7-8,13,15H,3-6,9-12,14H2,1-2H3. The summed E-state index contributed by atoms with van der Waals surface area (Å²) in [7, 11) is 3.91. The Balaban J connectivity index is 1.70. The van der Waals surface area contributed by atoms with E-state index in [0.717, 1.165) is 56.8 Å². The molecule has 0 radical (unpaired) electrons. The second-order valence-corrected chi connectivity index (χ2v) is 7.87. The number of nitrogens with zero attached hydrogens (tertiary/aromatic N) is 2. The highest BCUT2D eigenvalue weighted by Gasteiger charge is 2.47. The fourth-order valence-corrected chi connectivity index (χ4v) is 4.84. The van der Waals surface area contributed by atoms with Gasteiger partial charge in [0.2, 0.25) is 5.91 Å². The Morgan fingerprint density at radius 2 is 1.92 bits per heavy atom. The Morgan fingerprint density at radius 1 is 1.21 bits per heavy atom. The Bertz CT molecular complexity index is 629. The van der Waals surface area contributed by atoms with Crippen molar-refractivity contribution in [2.24, 2.45) is 5.92 Å². The van der Waals surface area contributed by atoms with Crippen LogP contribution < -0.4 is 9.64 Å². The summed E-state index contributed by atoms with van der Waals surface area (Å²) < 4.78 is 5.48. The van der Waals surface area contributed by atoms with E-state index in [2.05, 4.69) is 29.0 Å². The average molecular weight is 328 g/mol. The molecule has 2 fully saturated rings. The SMILES string of the molecule is COc1ccc2c(c1)C1(CCN(C)CC1)CN2C(=O)C1CCCC1. The number of piperidine rings is 1. The van der Waals surface area contributed by atoms with E-state index in [1.165, 1.54) is 18.4 Å². The third kappa shape index (κ3) is 2.52. The number of hydrogen-bond donors (Lipinski definition) is 0. The summed E-state index contributed by atoms with van der Waals surface area (Å²) in [6, 6.07) is 6.29. The quantitative estimate of drug-likeness (QED) is 0.836. The predicted octanol–water partition coefficient (Wildman–Crippen LogP) is 3.20. The number of anilines is 1. The zero-order valence-electron chi connectivity index (χ0n) is 14.9. The molecule has 0 bridgehead atoms. The molecule has 2 heterocycles. The monoisotopic (exact) mass is 328 g/mol. The molecule has 4 rings (SSSR count). The maximum Gasteiger partial charge on any atom is 0.230 e. The smallest absolute Gasteiger partial charge is 0.230 e. The Morgan fingerprint density at radius 3 is 2.58 bits per heavy atom. The Hall–Kier alpha value is -1.55. The van der Waals surface area contributed by atoms with Crippen molar-refractivity contribution in [2.45, 2.75) is 43.9 Å². The predicted molar refractivity (Wildman–Crippen MR) is 95.7 cm³/mol. The highest BCUT2D eigenvalue weighted by molar-refractivity contribution is 5.98. The first kappa shape index (κ1) is 15.9. The van der Waals surface area contributed by atoms with Gasteiger partial charge in [-0.2, -0.15) is 0 Å². The molecule has 1 saturated carbocycles. The second kappa shape index (κ2) is 6.07.